The molecule has 134 valence electrons. The second-order valence-electron chi connectivity index (χ2n) is 5.82. The van der Waals surface area contributed by atoms with Gasteiger partial charge in [-0.15, -0.1) is 0 Å². The molecule has 0 aliphatic heterocycles. The van der Waals surface area contributed by atoms with E-state index < -0.39 is 6.04 Å². The van der Waals surface area contributed by atoms with E-state index in [1.54, 1.807) is 35.9 Å². The van der Waals surface area contributed by atoms with Gasteiger partial charge in [0.15, 0.2) is 0 Å². The van der Waals surface area contributed by atoms with Gasteiger partial charge in [-0.3, -0.25) is 14.5 Å². The molecule has 0 aliphatic carbocycles. The lowest BCUT2D eigenvalue weighted by Crippen LogP contribution is -2.48. The molecule has 1 aromatic rings. The maximum absolute atomic E-state index is 12.8. The number of halogens is 1. The molecule has 0 aliphatic rings. The van der Waals surface area contributed by atoms with E-state index in [4.69, 9.17) is 0 Å². The Labute approximate surface area is 143 Å². The van der Waals surface area contributed by atoms with Crippen LogP contribution in [-0.2, 0) is 16.0 Å². The van der Waals surface area contributed by atoms with Crippen LogP contribution in [0.25, 0.3) is 0 Å². The largest absolute Gasteiger partial charge is 0.354 e. The van der Waals surface area contributed by atoms with Crippen LogP contribution in [0.1, 0.15) is 26.3 Å². The fraction of sp³-hybridized carbons (Fsp3) is 0.556. The second kappa shape index (κ2) is 10.0. The second-order valence-corrected chi connectivity index (χ2v) is 5.82. The van der Waals surface area contributed by atoms with Gasteiger partial charge in [0.25, 0.3) is 0 Å². The van der Waals surface area contributed by atoms with Gasteiger partial charge in [0, 0.05) is 19.6 Å². The topological polar surface area (TPSA) is 52.7 Å². The van der Waals surface area contributed by atoms with E-state index in [2.05, 4.69) is 5.32 Å². The summed E-state index contributed by atoms with van der Waals surface area (Å²) in [5.74, 6) is -0.365. The Bertz CT molecular complexity index is 530. The van der Waals surface area contributed by atoms with Gasteiger partial charge < -0.3 is 10.2 Å². The average molecular weight is 337 g/mol. The fourth-order valence-electron chi connectivity index (χ4n) is 2.36. The number of nitrogens with one attached hydrogen (secondary N) is 1. The molecule has 1 N–H and O–H groups in total. The average Bonchev–Trinajstić information content (AvgIpc) is 2.56. The Morgan fingerprint density at radius 3 is 2.29 bits per heavy atom. The van der Waals surface area contributed by atoms with Gasteiger partial charge in [0.1, 0.15) is 5.82 Å². The number of likely N-dealkylation sites (N-methyl/N-ethyl adjacent to an activating group) is 2. The number of rotatable bonds is 9. The lowest BCUT2D eigenvalue weighted by atomic mass is 10.1. The summed E-state index contributed by atoms with van der Waals surface area (Å²) in [5.41, 5.74) is 0.967. The van der Waals surface area contributed by atoms with Crippen LogP contribution < -0.4 is 5.32 Å². The number of hydrogen-bond acceptors (Lipinski definition) is 3. The number of hydrogen-bond donors (Lipinski definition) is 1. The first-order chi connectivity index (χ1) is 11.4. The Balaban J connectivity index is 2.40. The molecule has 0 spiro atoms. The van der Waals surface area contributed by atoms with E-state index in [1.807, 2.05) is 13.8 Å². The van der Waals surface area contributed by atoms with Crippen molar-refractivity contribution in [3.8, 4) is 0 Å². The zero-order chi connectivity index (χ0) is 18.1. The van der Waals surface area contributed by atoms with Gasteiger partial charge in [0.05, 0.1) is 12.6 Å². The molecule has 1 aromatic carbocycles. The maximum Gasteiger partial charge on any atom is 0.237 e. The normalized spacial score (nSPS) is 12.1. The monoisotopic (exact) mass is 337 g/mol. The van der Waals surface area contributed by atoms with E-state index >= 15 is 0 Å². The van der Waals surface area contributed by atoms with Crippen LogP contribution in [0.15, 0.2) is 24.3 Å². The van der Waals surface area contributed by atoms with Crippen LogP contribution >= 0.6 is 0 Å². The Morgan fingerprint density at radius 1 is 1.17 bits per heavy atom. The lowest BCUT2D eigenvalue weighted by molar-refractivity contribution is -0.133. The van der Waals surface area contributed by atoms with Crippen LogP contribution in [0.3, 0.4) is 0 Å². The lowest BCUT2D eigenvalue weighted by Gasteiger charge is -2.26. The number of nitrogens with zero attached hydrogens (tertiary/aromatic N) is 2. The van der Waals surface area contributed by atoms with Crippen molar-refractivity contribution in [3.63, 3.8) is 0 Å². The number of carbonyl (C=O) groups is 2. The van der Waals surface area contributed by atoms with E-state index in [9.17, 15) is 14.0 Å². The van der Waals surface area contributed by atoms with Crippen molar-refractivity contribution in [2.75, 3.05) is 33.2 Å². The molecule has 24 heavy (non-hydrogen) atoms. The highest BCUT2D eigenvalue weighted by Crippen LogP contribution is 2.03. The minimum atomic E-state index is -0.391. The molecule has 0 heterocycles. The standard InChI is InChI=1S/C18H28FN3O2/c1-5-22(6-2)17(23)13-21(4)14(3)18(24)20-12-11-15-7-9-16(19)10-8-15/h7-10,14H,5-6,11-13H2,1-4H3,(H,20,24). The molecule has 1 rings (SSSR count). The highest BCUT2D eigenvalue weighted by Gasteiger charge is 2.21. The molecule has 1 unspecified atom stereocenters. The summed E-state index contributed by atoms with van der Waals surface area (Å²) >= 11 is 0. The predicted molar refractivity (Wildman–Crippen MR) is 93.1 cm³/mol. The zero-order valence-corrected chi connectivity index (χ0v) is 15.0. The van der Waals surface area contributed by atoms with Crippen LogP contribution in [0, 0.1) is 5.82 Å². The van der Waals surface area contributed by atoms with Crippen molar-refractivity contribution in [3.05, 3.63) is 35.6 Å². The van der Waals surface area contributed by atoms with E-state index in [-0.39, 0.29) is 24.2 Å². The summed E-state index contributed by atoms with van der Waals surface area (Å²) in [6.07, 6.45) is 0.640. The molecule has 5 nitrogen and oxygen atoms in total. The number of amides is 2. The summed E-state index contributed by atoms with van der Waals surface area (Å²) in [4.78, 5) is 27.8. The van der Waals surface area contributed by atoms with Crippen LogP contribution in [-0.4, -0.2) is 60.9 Å². The highest BCUT2D eigenvalue weighted by molar-refractivity contribution is 5.83. The predicted octanol–water partition coefficient (Wildman–Crippen LogP) is 1.67. The maximum atomic E-state index is 12.8. The third-order valence-electron chi connectivity index (χ3n) is 4.17. The van der Waals surface area contributed by atoms with Crippen LogP contribution in [0.5, 0.6) is 0 Å². The highest BCUT2D eigenvalue weighted by atomic mass is 19.1. The molecule has 0 bridgehead atoms. The summed E-state index contributed by atoms with van der Waals surface area (Å²) < 4.78 is 12.8. The third kappa shape index (κ3) is 6.28. The first-order valence-electron chi connectivity index (χ1n) is 8.39. The van der Waals surface area contributed by atoms with Crippen LogP contribution in [0.4, 0.5) is 4.39 Å². The van der Waals surface area contributed by atoms with Gasteiger partial charge in [-0.2, -0.15) is 0 Å². The van der Waals surface area contributed by atoms with E-state index in [0.717, 1.165) is 5.56 Å². The Morgan fingerprint density at radius 2 is 1.75 bits per heavy atom. The summed E-state index contributed by atoms with van der Waals surface area (Å²) in [6, 6.07) is 5.84. The van der Waals surface area contributed by atoms with Gasteiger partial charge in [0.2, 0.25) is 11.8 Å². The van der Waals surface area contributed by atoms with Gasteiger partial charge in [-0.25, -0.2) is 4.39 Å². The van der Waals surface area contributed by atoms with E-state index in [1.165, 1.54) is 12.1 Å². The molecule has 0 radical (unpaired) electrons. The van der Waals surface area contributed by atoms with Crippen molar-refractivity contribution in [2.45, 2.75) is 33.2 Å². The molecule has 0 fully saturated rings. The molecule has 0 saturated carbocycles. The fourth-order valence-corrected chi connectivity index (χ4v) is 2.36. The van der Waals surface area contributed by atoms with Crippen molar-refractivity contribution < 1.29 is 14.0 Å². The molecular formula is C18H28FN3O2. The van der Waals surface area contributed by atoms with Crippen LogP contribution in [0.2, 0.25) is 0 Å². The van der Waals surface area contributed by atoms with Gasteiger partial charge >= 0.3 is 0 Å². The van der Waals surface area contributed by atoms with Gasteiger partial charge in [-0.05, 0) is 51.9 Å². The molecule has 6 heteroatoms. The van der Waals surface area contributed by atoms with Crippen molar-refractivity contribution in [2.24, 2.45) is 0 Å². The van der Waals surface area contributed by atoms with Crippen molar-refractivity contribution in [1.29, 1.82) is 0 Å². The van der Waals surface area contributed by atoms with Crippen molar-refractivity contribution >= 4 is 11.8 Å². The first kappa shape index (κ1) is 20.1. The molecule has 2 amide bonds. The molecule has 1 atom stereocenters. The Kier molecular flexibility index (Phi) is 8.40. The minimum absolute atomic E-state index is 0.0217. The number of carbonyl (C=O) groups excluding carboxylic acids is 2. The quantitative estimate of drug-likeness (QED) is 0.746. The molecule has 0 aromatic heterocycles. The van der Waals surface area contributed by atoms with E-state index in [0.29, 0.717) is 26.1 Å². The summed E-state index contributed by atoms with van der Waals surface area (Å²) in [7, 11) is 1.77. The minimum Gasteiger partial charge on any atom is -0.354 e. The summed E-state index contributed by atoms with van der Waals surface area (Å²) in [5, 5.41) is 2.86. The zero-order valence-electron chi connectivity index (χ0n) is 15.0. The van der Waals surface area contributed by atoms with Crippen molar-refractivity contribution in [1.82, 2.24) is 15.1 Å². The Hall–Kier alpha value is -1.95. The third-order valence-corrected chi connectivity index (χ3v) is 4.17. The smallest absolute Gasteiger partial charge is 0.237 e. The summed E-state index contributed by atoms with van der Waals surface area (Å²) in [6.45, 7) is 7.69. The molecule has 0 saturated heterocycles. The number of benzene rings is 1. The SMILES string of the molecule is CCN(CC)C(=O)CN(C)C(C)C(=O)NCCc1ccc(F)cc1. The molecular weight excluding hydrogens is 309 g/mol. The first-order valence-corrected chi connectivity index (χ1v) is 8.39. The van der Waals surface area contributed by atoms with Gasteiger partial charge in [-0.1, -0.05) is 12.1 Å².